The van der Waals surface area contributed by atoms with E-state index in [0.29, 0.717) is 39.6 Å². The molecular weight excluding hydrogens is 424 g/mol. The second-order valence-corrected chi connectivity index (χ2v) is 7.68. The number of carbonyl (C=O) groups excluding carboxylic acids is 1. The Hall–Kier alpha value is -2.84. The van der Waals surface area contributed by atoms with Crippen LogP contribution >= 0.6 is 23.4 Å². The Kier molecular flexibility index (Phi) is 5.78. The van der Waals surface area contributed by atoms with E-state index >= 15 is 0 Å². The molecule has 0 aliphatic carbocycles. The molecule has 0 radical (unpaired) electrons. The number of hydrogen-bond donors (Lipinski definition) is 0. The maximum Gasteiger partial charge on any atom is 0.247 e. The van der Waals surface area contributed by atoms with Crippen molar-refractivity contribution in [3.05, 3.63) is 53.1 Å². The van der Waals surface area contributed by atoms with Crippen molar-refractivity contribution >= 4 is 35.0 Å². The predicted octanol–water partition coefficient (Wildman–Crippen LogP) is 4.76. The molecule has 1 aromatic heterocycles. The molecule has 1 amide bonds. The zero-order valence-electron chi connectivity index (χ0n) is 16.6. The lowest BCUT2D eigenvalue weighted by Crippen LogP contribution is -2.36. The highest BCUT2D eigenvalue weighted by Crippen LogP contribution is 2.44. The van der Waals surface area contributed by atoms with Gasteiger partial charge >= 0.3 is 0 Å². The summed E-state index contributed by atoms with van der Waals surface area (Å²) < 4.78 is 11.8. The number of amides is 1. The van der Waals surface area contributed by atoms with E-state index in [1.807, 2.05) is 37.4 Å². The smallest absolute Gasteiger partial charge is 0.247 e. The molecule has 1 aliphatic rings. The van der Waals surface area contributed by atoms with Gasteiger partial charge in [0.15, 0.2) is 5.69 Å². The molecule has 0 spiro atoms. The first-order valence-electron chi connectivity index (χ1n) is 9.29. The summed E-state index contributed by atoms with van der Waals surface area (Å²) in [5, 5.41) is 9.44. The number of aromatic nitrogens is 3. The Balaban J connectivity index is 1.91. The maximum atomic E-state index is 12.8. The SMILES string of the molecule is CCOc1ccc([C@H]2Oc3nc(SC)nnc3-c3cc(Cl)ccc3N2C(C)=O)cc1. The van der Waals surface area contributed by atoms with Crippen LogP contribution in [-0.4, -0.2) is 34.0 Å². The molecule has 0 N–H and O–H groups in total. The summed E-state index contributed by atoms with van der Waals surface area (Å²) >= 11 is 7.61. The lowest BCUT2D eigenvalue weighted by atomic mass is 10.1. The Morgan fingerprint density at radius 2 is 2.00 bits per heavy atom. The van der Waals surface area contributed by atoms with E-state index in [2.05, 4.69) is 15.2 Å². The number of hydrogen-bond acceptors (Lipinski definition) is 7. The lowest BCUT2D eigenvalue weighted by molar-refractivity contribution is -0.118. The third kappa shape index (κ3) is 3.80. The molecule has 0 saturated heterocycles. The number of nitrogens with zero attached hydrogens (tertiary/aromatic N) is 4. The molecule has 2 aromatic carbocycles. The highest BCUT2D eigenvalue weighted by atomic mass is 35.5. The third-order valence-corrected chi connectivity index (χ3v) is 5.34. The van der Waals surface area contributed by atoms with Gasteiger partial charge in [0.2, 0.25) is 23.2 Å². The minimum Gasteiger partial charge on any atom is -0.494 e. The van der Waals surface area contributed by atoms with Crippen LogP contribution in [0.25, 0.3) is 11.3 Å². The summed E-state index contributed by atoms with van der Waals surface area (Å²) in [6.45, 7) is 3.99. The fraction of sp³-hybridized carbons (Fsp3) is 0.238. The molecule has 7 nitrogen and oxygen atoms in total. The van der Waals surface area contributed by atoms with Crippen LogP contribution in [0.3, 0.4) is 0 Å². The van der Waals surface area contributed by atoms with Gasteiger partial charge in [-0.05, 0) is 55.6 Å². The van der Waals surface area contributed by atoms with Crippen LogP contribution in [0.15, 0.2) is 47.6 Å². The first kappa shape index (κ1) is 20.4. The largest absolute Gasteiger partial charge is 0.494 e. The van der Waals surface area contributed by atoms with E-state index in [1.54, 1.807) is 23.1 Å². The molecule has 3 aromatic rings. The second kappa shape index (κ2) is 8.49. The van der Waals surface area contributed by atoms with Gasteiger partial charge in [-0.2, -0.15) is 4.98 Å². The van der Waals surface area contributed by atoms with Gasteiger partial charge in [-0.25, -0.2) is 0 Å². The van der Waals surface area contributed by atoms with Crippen LogP contribution in [-0.2, 0) is 4.79 Å². The second-order valence-electron chi connectivity index (χ2n) is 6.48. The normalized spacial score (nSPS) is 14.9. The van der Waals surface area contributed by atoms with Gasteiger partial charge in [0.25, 0.3) is 0 Å². The van der Waals surface area contributed by atoms with Crippen LogP contribution in [0, 0.1) is 0 Å². The Morgan fingerprint density at radius 3 is 2.67 bits per heavy atom. The summed E-state index contributed by atoms with van der Waals surface area (Å²) in [5.74, 6) is 0.842. The van der Waals surface area contributed by atoms with Gasteiger partial charge in [0.1, 0.15) is 5.75 Å². The number of halogens is 1. The van der Waals surface area contributed by atoms with Crippen LogP contribution in [0.4, 0.5) is 5.69 Å². The number of fused-ring (bicyclic) bond motifs is 3. The molecular formula is C21H19ClN4O3S. The minimum absolute atomic E-state index is 0.191. The molecule has 2 heterocycles. The molecule has 0 saturated carbocycles. The van der Waals surface area contributed by atoms with E-state index in [0.717, 1.165) is 11.3 Å². The number of rotatable bonds is 4. The molecule has 30 heavy (non-hydrogen) atoms. The number of ether oxygens (including phenoxy) is 2. The highest BCUT2D eigenvalue weighted by molar-refractivity contribution is 7.98. The van der Waals surface area contributed by atoms with Crippen molar-refractivity contribution in [3.8, 4) is 22.9 Å². The molecule has 0 unspecified atom stereocenters. The lowest BCUT2D eigenvalue weighted by Gasteiger charge is -2.30. The van der Waals surface area contributed by atoms with Crippen LogP contribution in [0.1, 0.15) is 25.6 Å². The van der Waals surface area contributed by atoms with E-state index < -0.39 is 6.23 Å². The van der Waals surface area contributed by atoms with Gasteiger partial charge in [-0.15, -0.1) is 10.2 Å². The summed E-state index contributed by atoms with van der Waals surface area (Å²) in [6, 6.07) is 12.7. The molecule has 0 fully saturated rings. The highest BCUT2D eigenvalue weighted by Gasteiger charge is 2.34. The third-order valence-electron chi connectivity index (χ3n) is 4.56. The zero-order valence-corrected chi connectivity index (χ0v) is 18.2. The van der Waals surface area contributed by atoms with Gasteiger partial charge in [-0.3, -0.25) is 9.69 Å². The Labute approximate surface area is 183 Å². The summed E-state index contributed by atoms with van der Waals surface area (Å²) in [7, 11) is 0. The van der Waals surface area contributed by atoms with Crippen LogP contribution in [0.2, 0.25) is 5.02 Å². The number of carbonyl (C=O) groups is 1. The van der Waals surface area contributed by atoms with Crippen molar-refractivity contribution < 1.29 is 14.3 Å². The molecule has 0 bridgehead atoms. The molecule has 1 aliphatic heterocycles. The standard InChI is InChI=1S/C21H19ClN4O3S/c1-4-28-15-8-5-13(6-9-15)20-26(12(2)27)17-10-7-14(22)11-16(17)18-19(29-20)23-21(30-3)25-24-18/h5-11,20H,4H2,1-3H3/t20-/m1/s1. The molecule has 9 heteroatoms. The predicted molar refractivity (Wildman–Crippen MR) is 116 cm³/mol. The van der Waals surface area contributed by atoms with Crippen molar-refractivity contribution in [2.75, 3.05) is 17.8 Å². The number of benzene rings is 2. The van der Waals surface area contributed by atoms with Gasteiger partial charge < -0.3 is 9.47 Å². The fourth-order valence-corrected chi connectivity index (χ4v) is 3.74. The van der Waals surface area contributed by atoms with Gasteiger partial charge in [0, 0.05) is 23.1 Å². The summed E-state index contributed by atoms with van der Waals surface area (Å²) in [6.07, 6.45) is 1.11. The van der Waals surface area contributed by atoms with Gasteiger partial charge in [0.05, 0.1) is 12.3 Å². The first-order chi connectivity index (χ1) is 14.5. The van der Waals surface area contributed by atoms with E-state index in [1.165, 1.54) is 18.7 Å². The van der Waals surface area contributed by atoms with Crippen molar-refractivity contribution in [1.82, 2.24) is 15.2 Å². The maximum absolute atomic E-state index is 12.8. The van der Waals surface area contributed by atoms with Crippen molar-refractivity contribution in [2.24, 2.45) is 0 Å². The van der Waals surface area contributed by atoms with Crippen molar-refractivity contribution in [1.29, 1.82) is 0 Å². The molecule has 154 valence electrons. The fourth-order valence-electron chi connectivity index (χ4n) is 3.28. The van der Waals surface area contributed by atoms with E-state index in [9.17, 15) is 4.79 Å². The average Bonchev–Trinajstić information content (AvgIpc) is 2.88. The Bertz CT molecular complexity index is 1090. The monoisotopic (exact) mass is 442 g/mol. The first-order valence-corrected chi connectivity index (χ1v) is 10.9. The minimum atomic E-state index is -0.745. The van der Waals surface area contributed by atoms with Gasteiger partial charge in [-0.1, -0.05) is 23.4 Å². The van der Waals surface area contributed by atoms with E-state index in [4.69, 9.17) is 21.1 Å². The van der Waals surface area contributed by atoms with Crippen LogP contribution in [0.5, 0.6) is 11.6 Å². The van der Waals surface area contributed by atoms with Crippen molar-refractivity contribution in [3.63, 3.8) is 0 Å². The summed E-state index contributed by atoms with van der Waals surface area (Å²) in [5.41, 5.74) is 2.46. The van der Waals surface area contributed by atoms with Crippen LogP contribution < -0.4 is 14.4 Å². The topological polar surface area (TPSA) is 77.4 Å². The zero-order chi connectivity index (χ0) is 21.3. The average molecular weight is 443 g/mol. The van der Waals surface area contributed by atoms with E-state index in [-0.39, 0.29) is 5.91 Å². The quantitative estimate of drug-likeness (QED) is 0.539. The van der Waals surface area contributed by atoms with Crippen molar-refractivity contribution in [2.45, 2.75) is 25.2 Å². The molecule has 4 rings (SSSR count). The number of thioether (sulfide) groups is 1. The molecule has 1 atom stereocenters. The Morgan fingerprint density at radius 1 is 1.23 bits per heavy atom. The number of anilines is 1. The summed E-state index contributed by atoms with van der Waals surface area (Å²) in [4.78, 5) is 18.8.